The SMILES string of the molecule is CCNC(=O)[C@H](Cc1ccccc1)N(Cc1ccc(Br)cc1)C(=O)CN(c1ccccc1Br)S(C)(=O)=O. The number of anilines is 1. The molecule has 0 saturated carbocycles. The van der Waals surface area contributed by atoms with Crippen LogP contribution in [0, 0.1) is 0 Å². The molecule has 0 heterocycles. The summed E-state index contributed by atoms with van der Waals surface area (Å²) in [5.74, 6) is -0.792. The van der Waals surface area contributed by atoms with Crippen LogP contribution in [0.15, 0.2) is 87.8 Å². The molecule has 0 aliphatic rings. The van der Waals surface area contributed by atoms with Gasteiger partial charge < -0.3 is 10.2 Å². The van der Waals surface area contributed by atoms with Gasteiger partial charge in [-0.3, -0.25) is 13.9 Å². The summed E-state index contributed by atoms with van der Waals surface area (Å²) in [5, 5.41) is 2.84. The van der Waals surface area contributed by atoms with Crippen LogP contribution in [0.25, 0.3) is 0 Å². The highest BCUT2D eigenvalue weighted by molar-refractivity contribution is 9.10. The van der Waals surface area contributed by atoms with Crippen molar-refractivity contribution in [3.63, 3.8) is 0 Å². The van der Waals surface area contributed by atoms with Crippen molar-refractivity contribution in [1.29, 1.82) is 0 Å². The predicted molar refractivity (Wildman–Crippen MR) is 154 cm³/mol. The minimum Gasteiger partial charge on any atom is -0.355 e. The Morgan fingerprint density at radius 2 is 1.51 bits per heavy atom. The van der Waals surface area contributed by atoms with Crippen molar-refractivity contribution in [2.45, 2.75) is 25.9 Å². The van der Waals surface area contributed by atoms with Crippen LogP contribution >= 0.6 is 31.9 Å². The number of rotatable bonds is 11. The molecule has 7 nitrogen and oxygen atoms in total. The number of halogens is 2. The number of hydrogen-bond acceptors (Lipinski definition) is 4. The molecule has 0 aromatic heterocycles. The third-order valence-corrected chi connectivity index (χ3v) is 8.01. The minimum absolute atomic E-state index is 0.133. The number of nitrogens with one attached hydrogen (secondary N) is 1. The van der Waals surface area contributed by atoms with E-state index in [-0.39, 0.29) is 18.9 Å². The zero-order valence-electron chi connectivity index (χ0n) is 20.6. The lowest BCUT2D eigenvalue weighted by molar-refractivity contribution is -0.140. The number of likely N-dealkylation sites (N-methyl/N-ethyl adjacent to an activating group) is 1. The van der Waals surface area contributed by atoms with Crippen LogP contribution in [0.5, 0.6) is 0 Å². The molecule has 1 atom stereocenters. The molecule has 0 aliphatic heterocycles. The highest BCUT2D eigenvalue weighted by Crippen LogP contribution is 2.28. The van der Waals surface area contributed by atoms with Crippen molar-refractivity contribution in [2.75, 3.05) is 23.7 Å². The van der Waals surface area contributed by atoms with Gasteiger partial charge in [0.15, 0.2) is 0 Å². The Labute approximate surface area is 235 Å². The van der Waals surface area contributed by atoms with Crippen molar-refractivity contribution < 1.29 is 18.0 Å². The highest BCUT2D eigenvalue weighted by Gasteiger charge is 2.33. The molecular formula is C27H29Br2N3O4S. The first kappa shape index (κ1) is 28.9. The zero-order chi connectivity index (χ0) is 27.0. The van der Waals surface area contributed by atoms with Gasteiger partial charge in [0.05, 0.1) is 11.9 Å². The molecule has 3 rings (SSSR count). The lowest BCUT2D eigenvalue weighted by atomic mass is 10.0. The standard InChI is InChI=1S/C27H29Br2N3O4S/c1-3-30-27(34)25(17-20-9-5-4-6-10-20)31(18-21-13-15-22(28)16-14-21)26(33)19-32(37(2,35)36)24-12-8-7-11-23(24)29/h4-16,25H,3,17-19H2,1-2H3,(H,30,34)/t25-/m0/s1. The van der Waals surface area contributed by atoms with E-state index < -0.39 is 28.5 Å². The Balaban J connectivity index is 2.04. The van der Waals surface area contributed by atoms with Crippen LogP contribution in [0.3, 0.4) is 0 Å². The van der Waals surface area contributed by atoms with Crippen molar-refractivity contribution in [3.05, 3.63) is 98.9 Å². The molecule has 0 aliphatic carbocycles. The molecular weight excluding hydrogens is 622 g/mol. The van der Waals surface area contributed by atoms with Crippen LogP contribution in [0.1, 0.15) is 18.1 Å². The van der Waals surface area contributed by atoms with E-state index >= 15 is 0 Å². The fourth-order valence-electron chi connectivity index (χ4n) is 3.88. The van der Waals surface area contributed by atoms with Crippen molar-refractivity contribution >= 4 is 59.4 Å². The fraction of sp³-hybridized carbons (Fsp3) is 0.259. The summed E-state index contributed by atoms with van der Waals surface area (Å²) < 4.78 is 28.1. The second kappa shape index (κ2) is 13.2. The van der Waals surface area contributed by atoms with E-state index in [0.29, 0.717) is 16.7 Å². The molecule has 3 aromatic rings. The van der Waals surface area contributed by atoms with Crippen LogP contribution < -0.4 is 9.62 Å². The van der Waals surface area contributed by atoms with Gasteiger partial charge in [0.25, 0.3) is 0 Å². The maximum Gasteiger partial charge on any atom is 0.244 e. The second-order valence-electron chi connectivity index (χ2n) is 8.47. The van der Waals surface area contributed by atoms with Crippen LogP contribution in [-0.4, -0.2) is 50.5 Å². The van der Waals surface area contributed by atoms with E-state index in [9.17, 15) is 18.0 Å². The lowest BCUT2D eigenvalue weighted by Crippen LogP contribution is -2.53. The third-order valence-electron chi connectivity index (χ3n) is 5.69. The molecule has 37 heavy (non-hydrogen) atoms. The number of sulfonamides is 1. The van der Waals surface area contributed by atoms with Crippen molar-refractivity contribution in [3.8, 4) is 0 Å². The van der Waals surface area contributed by atoms with Gasteiger partial charge in [-0.2, -0.15) is 0 Å². The number of benzene rings is 3. The Bertz CT molecular complexity index is 1320. The van der Waals surface area contributed by atoms with Crippen LogP contribution in [0.2, 0.25) is 0 Å². The predicted octanol–water partition coefficient (Wildman–Crippen LogP) is 4.75. The van der Waals surface area contributed by atoms with E-state index in [2.05, 4.69) is 37.2 Å². The van der Waals surface area contributed by atoms with E-state index in [4.69, 9.17) is 0 Å². The average molecular weight is 651 g/mol. The number of nitrogens with zero attached hydrogens (tertiary/aromatic N) is 2. The summed E-state index contributed by atoms with van der Waals surface area (Å²) in [5.41, 5.74) is 2.04. The van der Waals surface area contributed by atoms with Crippen LogP contribution in [-0.2, 0) is 32.6 Å². The third kappa shape index (κ3) is 8.15. The number of carbonyl (C=O) groups is 2. The van der Waals surface area contributed by atoms with Crippen LogP contribution in [0.4, 0.5) is 5.69 Å². The molecule has 0 bridgehead atoms. The van der Waals surface area contributed by atoms with E-state index in [0.717, 1.165) is 26.2 Å². The molecule has 3 aromatic carbocycles. The van der Waals surface area contributed by atoms with Gasteiger partial charge in [-0.1, -0.05) is 70.5 Å². The number of para-hydroxylation sites is 1. The Hall–Kier alpha value is -2.69. The summed E-state index contributed by atoms with van der Waals surface area (Å²) in [4.78, 5) is 28.7. The molecule has 0 radical (unpaired) electrons. The quantitative estimate of drug-likeness (QED) is 0.325. The average Bonchev–Trinajstić information content (AvgIpc) is 2.86. The summed E-state index contributed by atoms with van der Waals surface area (Å²) in [7, 11) is -3.81. The van der Waals surface area contributed by atoms with Gasteiger partial charge >= 0.3 is 0 Å². The monoisotopic (exact) mass is 649 g/mol. The second-order valence-corrected chi connectivity index (χ2v) is 12.1. The maximum absolute atomic E-state index is 13.9. The fourth-order valence-corrected chi connectivity index (χ4v) is 5.62. The van der Waals surface area contributed by atoms with E-state index in [1.807, 2.05) is 61.5 Å². The Morgan fingerprint density at radius 1 is 0.892 bits per heavy atom. The molecule has 0 spiro atoms. The molecule has 2 amide bonds. The highest BCUT2D eigenvalue weighted by atomic mass is 79.9. The number of hydrogen-bond donors (Lipinski definition) is 1. The summed E-state index contributed by atoms with van der Waals surface area (Å²) in [6.45, 7) is 1.89. The number of amides is 2. The molecule has 196 valence electrons. The van der Waals surface area contributed by atoms with Gasteiger partial charge in [-0.25, -0.2) is 8.42 Å². The Kier molecular flexibility index (Phi) is 10.3. The maximum atomic E-state index is 13.9. The number of carbonyl (C=O) groups excluding carboxylic acids is 2. The normalized spacial score (nSPS) is 12.0. The zero-order valence-corrected chi connectivity index (χ0v) is 24.6. The topological polar surface area (TPSA) is 86.8 Å². The van der Waals surface area contributed by atoms with E-state index in [1.54, 1.807) is 24.3 Å². The summed E-state index contributed by atoms with van der Waals surface area (Å²) in [6.07, 6.45) is 1.34. The van der Waals surface area contributed by atoms with Crippen molar-refractivity contribution in [2.24, 2.45) is 0 Å². The molecule has 1 N–H and O–H groups in total. The summed E-state index contributed by atoms with van der Waals surface area (Å²) >= 11 is 6.82. The molecule has 0 saturated heterocycles. The minimum atomic E-state index is -3.81. The lowest BCUT2D eigenvalue weighted by Gasteiger charge is -2.33. The van der Waals surface area contributed by atoms with Gasteiger partial charge in [0.1, 0.15) is 12.6 Å². The first-order chi connectivity index (χ1) is 17.6. The first-order valence-electron chi connectivity index (χ1n) is 11.7. The summed E-state index contributed by atoms with van der Waals surface area (Å²) in [6, 6.07) is 22.9. The van der Waals surface area contributed by atoms with Gasteiger partial charge in [-0.05, 0) is 58.2 Å². The first-order valence-corrected chi connectivity index (χ1v) is 15.1. The van der Waals surface area contributed by atoms with Gasteiger partial charge in [0.2, 0.25) is 21.8 Å². The van der Waals surface area contributed by atoms with Gasteiger partial charge in [0, 0.05) is 28.5 Å². The van der Waals surface area contributed by atoms with Crippen molar-refractivity contribution in [1.82, 2.24) is 10.2 Å². The smallest absolute Gasteiger partial charge is 0.244 e. The van der Waals surface area contributed by atoms with E-state index in [1.165, 1.54) is 4.90 Å². The Morgan fingerprint density at radius 3 is 2.11 bits per heavy atom. The molecule has 0 unspecified atom stereocenters. The largest absolute Gasteiger partial charge is 0.355 e. The molecule has 10 heteroatoms. The molecule has 0 fully saturated rings. The van der Waals surface area contributed by atoms with Gasteiger partial charge in [-0.15, -0.1) is 0 Å².